The molecule has 0 saturated carbocycles. The average Bonchev–Trinajstić information content (AvgIpc) is 2.53. The van der Waals surface area contributed by atoms with Gasteiger partial charge in [-0.05, 0) is 24.6 Å². The van der Waals surface area contributed by atoms with E-state index in [1.165, 1.54) is 25.3 Å². The summed E-state index contributed by atoms with van der Waals surface area (Å²) >= 11 is 0. The monoisotopic (exact) mass is 300 g/mol. The van der Waals surface area contributed by atoms with Crippen molar-refractivity contribution in [2.45, 2.75) is 13.5 Å². The van der Waals surface area contributed by atoms with Gasteiger partial charge in [0.15, 0.2) is 11.6 Å². The van der Waals surface area contributed by atoms with E-state index in [1.807, 2.05) is 6.07 Å². The van der Waals surface area contributed by atoms with E-state index < -0.39 is 11.7 Å². The maximum absolute atomic E-state index is 13.3. The Kier molecular flexibility index (Phi) is 4.63. The lowest BCUT2D eigenvalue weighted by atomic mass is 10.2. The number of carbonyl (C=O) groups is 1. The molecule has 0 aliphatic heterocycles. The molecule has 0 saturated heterocycles. The first-order chi connectivity index (χ1) is 10.5. The van der Waals surface area contributed by atoms with Gasteiger partial charge in [0.1, 0.15) is 23.3 Å². The van der Waals surface area contributed by atoms with Crippen LogP contribution in [0.15, 0.2) is 24.3 Å². The lowest BCUT2D eigenvalue weighted by Gasteiger charge is -2.08. The molecule has 0 aliphatic rings. The van der Waals surface area contributed by atoms with Crippen LogP contribution < -0.4 is 10.1 Å². The van der Waals surface area contributed by atoms with Crippen LogP contribution in [-0.2, 0) is 6.54 Å². The van der Waals surface area contributed by atoms with Gasteiger partial charge in [-0.25, -0.2) is 14.4 Å². The predicted octanol–water partition coefficient (Wildman–Crippen LogP) is 1.73. The second-order valence-corrected chi connectivity index (χ2v) is 4.45. The lowest BCUT2D eigenvalue weighted by Crippen LogP contribution is -2.24. The van der Waals surface area contributed by atoms with Crippen LogP contribution in [0.4, 0.5) is 4.39 Å². The Balaban J connectivity index is 2.10. The summed E-state index contributed by atoms with van der Waals surface area (Å²) in [6.07, 6.45) is 0. The molecule has 6 nitrogen and oxygen atoms in total. The van der Waals surface area contributed by atoms with Crippen molar-refractivity contribution in [1.29, 1.82) is 5.26 Å². The SMILES string of the molecule is COc1cc(CNC(=O)c2cc(C#N)nc(C)n2)ccc1F. The van der Waals surface area contributed by atoms with E-state index in [9.17, 15) is 9.18 Å². The van der Waals surface area contributed by atoms with Crippen molar-refractivity contribution in [3.63, 3.8) is 0 Å². The first kappa shape index (κ1) is 15.4. The van der Waals surface area contributed by atoms with Crippen LogP contribution in [-0.4, -0.2) is 23.0 Å². The smallest absolute Gasteiger partial charge is 0.270 e. The minimum absolute atomic E-state index is 0.108. The number of hydrogen-bond donors (Lipinski definition) is 1. The number of nitriles is 1. The van der Waals surface area contributed by atoms with Crippen LogP contribution in [0, 0.1) is 24.1 Å². The standard InChI is InChI=1S/C15H13FN4O2/c1-9-19-11(7-17)6-13(20-9)15(21)18-8-10-3-4-12(16)14(5-10)22-2/h3-6H,8H2,1-2H3,(H,18,21). The van der Waals surface area contributed by atoms with Gasteiger partial charge in [0, 0.05) is 12.6 Å². The highest BCUT2D eigenvalue weighted by Gasteiger charge is 2.11. The third-order valence-corrected chi connectivity index (χ3v) is 2.85. The third-order valence-electron chi connectivity index (χ3n) is 2.85. The molecule has 1 N–H and O–H groups in total. The third kappa shape index (κ3) is 3.55. The van der Waals surface area contributed by atoms with E-state index in [0.717, 1.165) is 0 Å². The van der Waals surface area contributed by atoms with Crippen molar-refractivity contribution in [1.82, 2.24) is 15.3 Å². The number of amides is 1. The number of methoxy groups -OCH3 is 1. The Morgan fingerprint density at radius 3 is 2.86 bits per heavy atom. The summed E-state index contributed by atoms with van der Waals surface area (Å²) in [4.78, 5) is 19.9. The van der Waals surface area contributed by atoms with E-state index in [2.05, 4.69) is 15.3 Å². The van der Waals surface area contributed by atoms with Gasteiger partial charge < -0.3 is 10.1 Å². The van der Waals surface area contributed by atoms with Gasteiger partial charge >= 0.3 is 0 Å². The number of hydrogen-bond acceptors (Lipinski definition) is 5. The van der Waals surface area contributed by atoms with Gasteiger partial charge in [-0.2, -0.15) is 5.26 Å². The van der Waals surface area contributed by atoms with E-state index in [-0.39, 0.29) is 23.7 Å². The Labute approximate surface area is 126 Å². The molecule has 22 heavy (non-hydrogen) atoms. The highest BCUT2D eigenvalue weighted by molar-refractivity contribution is 5.92. The number of halogens is 1. The molecule has 0 atom stereocenters. The number of ether oxygens (including phenoxy) is 1. The van der Waals surface area contributed by atoms with Crippen LogP contribution in [0.5, 0.6) is 5.75 Å². The number of benzene rings is 1. The van der Waals surface area contributed by atoms with Crippen molar-refractivity contribution < 1.29 is 13.9 Å². The fourth-order valence-electron chi connectivity index (χ4n) is 1.83. The second-order valence-electron chi connectivity index (χ2n) is 4.45. The normalized spacial score (nSPS) is 9.91. The number of nitrogens with zero attached hydrogens (tertiary/aromatic N) is 3. The minimum atomic E-state index is -0.470. The molecule has 0 bridgehead atoms. The van der Waals surface area contributed by atoms with Gasteiger partial charge in [-0.3, -0.25) is 4.79 Å². The number of nitrogens with one attached hydrogen (secondary N) is 1. The predicted molar refractivity (Wildman–Crippen MR) is 75.6 cm³/mol. The molecule has 112 valence electrons. The first-order valence-corrected chi connectivity index (χ1v) is 6.40. The van der Waals surface area contributed by atoms with Gasteiger partial charge in [0.2, 0.25) is 0 Å². The number of aryl methyl sites for hydroxylation is 1. The first-order valence-electron chi connectivity index (χ1n) is 6.40. The van der Waals surface area contributed by atoms with Crippen LogP contribution >= 0.6 is 0 Å². The van der Waals surface area contributed by atoms with Gasteiger partial charge in [0.05, 0.1) is 7.11 Å². The zero-order chi connectivity index (χ0) is 16.1. The number of carbonyl (C=O) groups excluding carboxylic acids is 1. The molecular formula is C15H13FN4O2. The highest BCUT2D eigenvalue weighted by Crippen LogP contribution is 2.18. The maximum atomic E-state index is 13.3. The summed E-state index contributed by atoms with van der Waals surface area (Å²) in [5, 5.41) is 11.5. The van der Waals surface area contributed by atoms with Crippen molar-refractivity contribution in [3.8, 4) is 11.8 Å². The average molecular weight is 300 g/mol. The molecule has 2 rings (SSSR count). The molecule has 0 radical (unpaired) electrons. The molecule has 0 fully saturated rings. The Hall–Kier alpha value is -3.01. The zero-order valence-electron chi connectivity index (χ0n) is 12.1. The Bertz CT molecular complexity index is 756. The largest absolute Gasteiger partial charge is 0.494 e. The van der Waals surface area contributed by atoms with Gasteiger partial charge in [-0.15, -0.1) is 0 Å². The van der Waals surface area contributed by atoms with E-state index in [4.69, 9.17) is 10.00 Å². The fourth-order valence-corrected chi connectivity index (χ4v) is 1.83. The van der Waals surface area contributed by atoms with E-state index in [0.29, 0.717) is 11.4 Å². The summed E-state index contributed by atoms with van der Waals surface area (Å²) in [6.45, 7) is 1.78. The van der Waals surface area contributed by atoms with Crippen molar-refractivity contribution in [3.05, 3.63) is 52.9 Å². The van der Waals surface area contributed by atoms with Gasteiger partial charge in [0.25, 0.3) is 5.91 Å². The molecule has 1 amide bonds. The molecule has 1 heterocycles. The summed E-state index contributed by atoms with van der Waals surface area (Å²) in [5.74, 6) is -0.461. The molecule has 0 spiro atoms. The number of aromatic nitrogens is 2. The summed E-state index contributed by atoms with van der Waals surface area (Å²) < 4.78 is 18.2. The molecule has 0 unspecified atom stereocenters. The van der Waals surface area contributed by atoms with Crippen LogP contribution in [0.3, 0.4) is 0 Å². The summed E-state index contributed by atoms with van der Waals surface area (Å²) in [6, 6.07) is 7.50. The molecule has 1 aromatic carbocycles. The molecule has 2 aromatic rings. The summed E-state index contributed by atoms with van der Waals surface area (Å²) in [7, 11) is 1.37. The van der Waals surface area contributed by atoms with Crippen LogP contribution in [0.1, 0.15) is 27.6 Å². The molecular weight excluding hydrogens is 287 g/mol. The topological polar surface area (TPSA) is 87.9 Å². The quantitative estimate of drug-likeness (QED) is 0.929. The second kappa shape index (κ2) is 6.63. The molecule has 1 aromatic heterocycles. The lowest BCUT2D eigenvalue weighted by molar-refractivity contribution is 0.0945. The maximum Gasteiger partial charge on any atom is 0.270 e. The van der Waals surface area contributed by atoms with Crippen molar-refractivity contribution >= 4 is 5.91 Å². The van der Waals surface area contributed by atoms with Gasteiger partial charge in [-0.1, -0.05) is 6.07 Å². The summed E-state index contributed by atoms with van der Waals surface area (Å²) in [5.41, 5.74) is 0.914. The van der Waals surface area contributed by atoms with Crippen molar-refractivity contribution in [2.24, 2.45) is 0 Å². The Morgan fingerprint density at radius 1 is 1.41 bits per heavy atom. The fraction of sp³-hybridized carbons (Fsp3) is 0.200. The number of rotatable bonds is 4. The van der Waals surface area contributed by atoms with Crippen molar-refractivity contribution in [2.75, 3.05) is 7.11 Å². The molecule has 0 aliphatic carbocycles. The van der Waals surface area contributed by atoms with Crippen LogP contribution in [0.25, 0.3) is 0 Å². The molecule has 7 heteroatoms. The van der Waals surface area contributed by atoms with E-state index >= 15 is 0 Å². The highest BCUT2D eigenvalue weighted by atomic mass is 19.1. The Morgan fingerprint density at radius 2 is 2.18 bits per heavy atom. The zero-order valence-corrected chi connectivity index (χ0v) is 12.1. The minimum Gasteiger partial charge on any atom is -0.494 e. The van der Waals surface area contributed by atoms with Crippen LogP contribution in [0.2, 0.25) is 0 Å². The van der Waals surface area contributed by atoms with E-state index in [1.54, 1.807) is 13.0 Å².